The molecule has 0 radical (unpaired) electrons. The first kappa shape index (κ1) is 16.6. The van der Waals surface area contributed by atoms with E-state index in [1.165, 1.54) is 12.1 Å². The number of carbonyl (C=O) groups excluding carboxylic acids is 1. The molecule has 1 amide bonds. The number of nitrogens with zero attached hydrogens (tertiary/aromatic N) is 1. The van der Waals surface area contributed by atoms with Crippen molar-refractivity contribution < 1.29 is 22.7 Å². The van der Waals surface area contributed by atoms with Gasteiger partial charge in [-0.3, -0.25) is 4.79 Å². The highest BCUT2D eigenvalue weighted by Crippen LogP contribution is 2.34. The van der Waals surface area contributed by atoms with E-state index in [4.69, 9.17) is 10.1 Å². The van der Waals surface area contributed by atoms with Crippen molar-refractivity contribution >= 4 is 11.6 Å². The molecule has 2 aliphatic heterocycles. The van der Waals surface area contributed by atoms with Crippen molar-refractivity contribution in [2.75, 3.05) is 13.2 Å². The summed E-state index contributed by atoms with van der Waals surface area (Å²) in [6.45, 7) is 0.623. The first-order valence-corrected chi connectivity index (χ1v) is 8.14. The molecule has 1 atom stereocenters. The van der Waals surface area contributed by atoms with E-state index in [9.17, 15) is 18.0 Å². The van der Waals surface area contributed by atoms with Gasteiger partial charge in [0.05, 0.1) is 23.7 Å². The van der Waals surface area contributed by atoms with Crippen LogP contribution in [0.5, 0.6) is 5.75 Å². The second-order valence-electron chi connectivity index (χ2n) is 6.49. The Morgan fingerprint density at radius 3 is 2.46 bits per heavy atom. The standard InChI is InChI=1S/C19H15F3N2O2/c20-19(21,22)13-4-1-11(2-5-13)12-3-6-17-16(7-12)18(25)24-9-14(23)8-15(24)10-26-17/h1-7,15,23H,8-10H2/t15-/m1/s1. The van der Waals surface area contributed by atoms with Gasteiger partial charge in [-0.1, -0.05) is 18.2 Å². The fourth-order valence-corrected chi connectivity index (χ4v) is 3.38. The highest BCUT2D eigenvalue weighted by Gasteiger charge is 2.37. The minimum atomic E-state index is -4.38. The molecule has 1 N–H and O–H groups in total. The van der Waals surface area contributed by atoms with E-state index in [0.29, 0.717) is 41.2 Å². The van der Waals surface area contributed by atoms with Gasteiger partial charge in [-0.05, 0) is 35.4 Å². The number of benzene rings is 2. The molecular weight excluding hydrogens is 345 g/mol. The second kappa shape index (κ2) is 5.86. The lowest BCUT2D eigenvalue weighted by atomic mass is 10.0. The van der Waals surface area contributed by atoms with Crippen LogP contribution >= 0.6 is 0 Å². The minimum Gasteiger partial charge on any atom is -0.491 e. The molecule has 1 saturated heterocycles. The molecule has 7 heteroatoms. The van der Waals surface area contributed by atoms with Gasteiger partial charge in [0.2, 0.25) is 0 Å². The van der Waals surface area contributed by atoms with Crippen molar-refractivity contribution in [1.82, 2.24) is 4.90 Å². The third-order valence-electron chi connectivity index (χ3n) is 4.73. The fraction of sp³-hybridized carbons (Fsp3) is 0.263. The Labute approximate surface area is 147 Å². The normalized spacial score (nSPS) is 19.7. The molecule has 0 unspecified atom stereocenters. The summed E-state index contributed by atoms with van der Waals surface area (Å²) in [6, 6.07) is 9.73. The van der Waals surface area contributed by atoms with Crippen LogP contribution < -0.4 is 4.74 Å². The lowest BCUT2D eigenvalue weighted by Crippen LogP contribution is -2.36. The van der Waals surface area contributed by atoms with Crippen LogP contribution in [-0.4, -0.2) is 35.7 Å². The van der Waals surface area contributed by atoms with Gasteiger partial charge >= 0.3 is 6.18 Å². The maximum Gasteiger partial charge on any atom is 0.416 e. The Morgan fingerprint density at radius 1 is 1.08 bits per heavy atom. The molecule has 2 aromatic carbocycles. The van der Waals surface area contributed by atoms with Crippen LogP contribution in [0.3, 0.4) is 0 Å². The predicted molar refractivity (Wildman–Crippen MR) is 89.5 cm³/mol. The number of alkyl halides is 3. The Bertz CT molecular complexity index is 891. The molecule has 2 aliphatic rings. The van der Waals surface area contributed by atoms with Gasteiger partial charge in [-0.15, -0.1) is 0 Å². The fourth-order valence-electron chi connectivity index (χ4n) is 3.38. The number of hydrogen-bond acceptors (Lipinski definition) is 3. The van der Waals surface area contributed by atoms with Gasteiger partial charge in [-0.25, -0.2) is 0 Å². The zero-order valence-electron chi connectivity index (χ0n) is 13.6. The SMILES string of the molecule is N=C1C[C@@H]2COc3ccc(-c4ccc(C(F)(F)F)cc4)cc3C(=O)N2C1. The number of amides is 1. The van der Waals surface area contributed by atoms with Crippen LogP contribution in [0.2, 0.25) is 0 Å². The van der Waals surface area contributed by atoms with E-state index in [-0.39, 0.29) is 18.5 Å². The molecule has 0 bridgehead atoms. The summed E-state index contributed by atoms with van der Waals surface area (Å²) in [4.78, 5) is 14.5. The van der Waals surface area contributed by atoms with Crippen molar-refractivity contribution in [2.24, 2.45) is 0 Å². The van der Waals surface area contributed by atoms with Crippen LogP contribution in [0.1, 0.15) is 22.3 Å². The van der Waals surface area contributed by atoms with E-state index >= 15 is 0 Å². The number of fused-ring (bicyclic) bond motifs is 2. The summed E-state index contributed by atoms with van der Waals surface area (Å²) in [7, 11) is 0. The van der Waals surface area contributed by atoms with Crippen molar-refractivity contribution in [2.45, 2.75) is 18.6 Å². The number of nitrogens with one attached hydrogen (secondary N) is 1. The lowest BCUT2D eigenvalue weighted by Gasteiger charge is -2.19. The molecule has 0 aromatic heterocycles. The van der Waals surface area contributed by atoms with Crippen molar-refractivity contribution in [3.63, 3.8) is 0 Å². The van der Waals surface area contributed by atoms with Crippen molar-refractivity contribution in [3.8, 4) is 16.9 Å². The summed E-state index contributed by atoms with van der Waals surface area (Å²) >= 11 is 0. The molecule has 2 aromatic rings. The summed E-state index contributed by atoms with van der Waals surface area (Å²) < 4.78 is 43.9. The Kier molecular flexibility index (Phi) is 3.75. The zero-order valence-corrected chi connectivity index (χ0v) is 13.6. The van der Waals surface area contributed by atoms with Crippen LogP contribution in [0, 0.1) is 5.41 Å². The van der Waals surface area contributed by atoms with Gasteiger partial charge in [0, 0.05) is 12.1 Å². The predicted octanol–water partition coefficient (Wildman–Crippen LogP) is 4.00. The molecule has 0 aliphatic carbocycles. The molecule has 4 nitrogen and oxygen atoms in total. The van der Waals surface area contributed by atoms with E-state index in [1.807, 2.05) is 0 Å². The highest BCUT2D eigenvalue weighted by molar-refractivity contribution is 6.02. The minimum absolute atomic E-state index is 0.142. The van der Waals surface area contributed by atoms with Gasteiger partial charge in [0.25, 0.3) is 5.91 Å². The Balaban J connectivity index is 1.69. The van der Waals surface area contributed by atoms with Gasteiger partial charge in [0.15, 0.2) is 0 Å². The molecule has 4 rings (SSSR count). The largest absolute Gasteiger partial charge is 0.491 e. The summed E-state index contributed by atoms with van der Waals surface area (Å²) in [5.41, 5.74) is 1.38. The second-order valence-corrected chi connectivity index (χ2v) is 6.49. The van der Waals surface area contributed by atoms with Gasteiger partial charge in [-0.2, -0.15) is 13.2 Å². The molecule has 134 valence electrons. The van der Waals surface area contributed by atoms with E-state index in [0.717, 1.165) is 12.1 Å². The third-order valence-corrected chi connectivity index (χ3v) is 4.73. The summed E-state index contributed by atoms with van der Waals surface area (Å²) in [6.07, 6.45) is -3.88. The van der Waals surface area contributed by atoms with E-state index < -0.39 is 11.7 Å². The third kappa shape index (κ3) is 2.83. The van der Waals surface area contributed by atoms with Crippen LogP contribution in [-0.2, 0) is 6.18 Å². The van der Waals surface area contributed by atoms with Gasteiger partial charge in [0.1, 0.15) is 12.4 Å². The van der Waals surface area contributed by atoms with Crippen molar-refractivity contribution in [1.29, 1.82) is 5.41 Å². The topological polar surface area (TPSA) is 53.4 Å². The number of halogens is 3. The van der Waals surface area contributed by atoms with Crippen LogP contribution in [0.4, 0.5) is 13.2 Å². The van der Waals surface area contributed by atoms with E-state index in [1.54, 1.807) is 23.1 Å². The van der Waals surface area contributed by atoms with Crippen LogP contribution in [0.15, 0.2) is 42.5 Å². The highest BCUT2D eigenvalue weighted by atomic mass is 19.4. The van der Waals surface area contributed by atoms with Crippen LogP contribution in [0.25, 0.3) is 11.1 Å². The number of carbonyl (C=O) groups is 1. The molecule has 0 saturated carbocycles. The quantitative estimate of drug-likeness (QED) is 0.836. The summed E-state index contributed by atoms with van der Waals surface area (Å²) in [5.74, 6) is 0.255. The number of rotatable bonds is 1. The molecular formula is C19H15F3N2O2. The van der Waals surface area contributed by atoms with Crippen molar-refractivity contribution in [3.05, 3.63) is 53.6 Å². The summed E-state index contributed by atoms with van der Waals surface area (Å²) in [5, 5.41) is 7.80. The first-order chi connectivity index (χ1) is 12.3. The maximum absolute atomic E-state index is 12.8. The average Bonchev–Trinajstić information content (AvgIpc) is 2.94. The maximum atomic E-state index is 12.8. The first-order valence-electron chi connectivity index (χ1n) is 8.14. The smallest absolute Gasteiger partial charge is 0.416 e. The monoisotopic (exact) mass is 360 g/mol. The Morgan fingerprint density at radius 2 is 1.77 bits per heavy atom. The molecule has 0 spiro atoms. The molecule has 2 heterocycles. The molecule has 26 heavy (non-hydrogen) atoms. The lowest BCUT2D eigenvalue weighted by molar-refractivity contribution is -0.137. The number of ether oxygens (including phenoxy) is 1. The molecule has 1 fully saturated rings. The Hall–Kier alpha value is -2.83. The number of hydrogen-bond donors (Lipinski definition) is 1. The van der Waals surface area contributed by atoms with E-state index in [2.05, 4.69) is 0 Å². The van der Waals surface area contributed by atoms with Gasteiger partial charge < -0.3 is 15.0 Å². The zero-order chi connectivity index (χ0) is 18.5. The average molecular weight is 360 g/mol.